The highest BCUT2D eigenvalue weighted by Crippen LogP contribution is 2.38. The highest BCUT2D eigenvalue weighted by Gasteiger charge is 2.40. The lowest BCUT2D eigenvalue weighted by Gasteiger charge is -1.96. The summed E-state index contributed by atoms with van der Waals surface area (Å²) >= 11 is 0. The van der Waals surface area contributed by atoms with E-state index < -0.39 is 6.79 Å². The summed E-state index contributed by atoms with van der Waals surface area (Å²) in [6, 6.07) is 0. The number of carbonyl (C=O) groups excluding carboxylic acids is 1. The lowest BCUT2D eigenvalue weighted by atomic mass is 10.3. The molecule has 0 radical (unpaired) electrons. The van der Waals surface area contributed by atoms with Crippen molar-refractivity contribution in [3.05, 3.63) is 0 Å². The van der Waals surface area contributed by atoms with Gasteiger partial charge in [0, 0.05) is 0 Å². The van der Waals surface area contributed by atoms with Crippen molar-refractivity contribution in [2.45, 2.75) is 13.3 Å². The van der Waals surface area contributed by atoms with E-state index >= 15 is 0 Å². The van der Waals surface area contributed by atoms with Gasteiger partial charge in [-0.25, -0.2) is 0 Å². The first-order valence-corrected chi connectivity index (χ1v) is 3.03. The Morgan fingerprint density at radius 1 is 1.89 bits per heavy atom. The molecule has 1 aliphatic rings. The molecule has 0 aromatic rings. The van der Waals surface area contributed by atoms with E-state index in [1.165, 1.54) is 0 Å². The maximum atomic E-state index is 10.6. The van der Waals surface area contributed by atoms with Crippen LogP contribution in [0.25, 0.3) is 0 Å². The summed E-state index contributed by atoms with van der Waals surface area (Å²) in [5.41, 5.74) is 0. The number of ether oxygens (including phenoxy) is 1. The number of aliphatic hydroxyl groups is 1. The molecule has 0 amide bonds. The molecule has 0 aromatic carbocycles. The Balaban J connectivity index is 2.20. The Hall–Kier alpha value is -0.570. The van der Waals surface area contributed by atoms with Crippen LogP contribution in [-0.2, 0) is 9.53 Å². The van der Waals surface area contributed by atoms with E-state index in [2.05, 4.69) is 4.74 Å². The van der Waals surface area contributed by atoms with Crippen molar-refractivity contribution in [3.8, 4) is 0 Å². The maximum absolute atomic E-state index is 10.6. The zero-order chi connectivity index (χ0) is 6.85. The molecular formula is C6H10O3. The number of hydrogen-bond donors (Lipinski definition) is 1. The minimum atomic E-state index is -0.484. The molecule has 0 saturated heterocycles. The Kier molecular flexibility index (Phi) is 1.71. The second kappa shape index (κ2) is 2.35. The van der Waals surface area contributed by atoms with Gasteiger partial charge < -0.3 is 9.84 Å². The summed E-state index contributed by atoms with van der Waals surface area (Å²) < 4.78 is 4.35. The first-order chi connectivity index (χ1) is 4.25. The summed E-state index contributed by atoms with van der Waals surface area (Å²) in [5.74, 6) is 0.270. The van der Waals surface area contributed by atoms with Gasteiger partial charge in [0.05, 0.1) is 5.92 Å². The molecule has 1 rings (SSSR count). The smallest absolute Gasteiger partial charge is 0.311 e. The molecule has 0 bridgehead atoms. The first-order valence-electron chi connectivity index (χ1n) is 3.03. The predicted molar refractivity (Wildman–Crippen MR) is 30.4 cm³/mol. The van der Waals surface area contributed by atoms with Crippen molar-refractivity contribution >= 4 is 5.97 Å². The van der Waals surface area contributed by atoms with Crippen LogP contribution >= 0.6 is 0 Å². The summed E-state index contributed by atoms with van der Waals surface area (Å²) in [6.45, 7) is 1.51. The van der Waals surface area contributed by atoms with Crippen LogP contribution in [-0.4, -0.2) is 17.9 Å². The van der Waals surface area contributed by atoms with Crippen LogP contribution in [0.2, 0.25) is 0 Å². The number of carbonyl (C=O) groups is 1. The van der Waals surface area contributed by atoms with Crippen molar-refractivity contribution in [1.29, 1.82) is 0 Å². The van der Waals surface area contributed by atoms with E-state index in [0.717, 1.165) is 6.42 Å². The minimum absolute atomic E-state index is 0.0668. The molecule has 9 heavy (non-hydrogen) atoms. The summed E-state index contributed by atoms with van der Waals surface area (Å²) in [4.78, 5) is 10.6. The van der Waals surface area contributed by atoms with Gasteiger partial charge in [0.2, 0.25) is 0 Å². The average molecular weight is 130 g/mol. The van der Waals surface area contributed by atoms with Crippen molar-refractivity contribution < 1.29 is 14.6 Å². The van der Waals surface area contributed by atoms with E-state index in [-0.39, 0.29) is 11.9 Å². The highest BCUT2D eigenvalue weighted by molar-refractivity contribution is 5.75. The number of aliphatic hydroxyl groups excluding tert-OH is 1. The van der Waals surface area contributed by atoms with Gasteiger partial charge in [0.1, 0.15) is 0 Å². The summed E-state index contributed by atoms with van der Waals surface area (Å²) in [6.07, 6.45) is 0.916. The Morgan fingerprint density at radius 2 is 2.44 bits per heavy atom. The van der Waals surface area contributed by atoms with E-state index in [0.29, 0.717) is 5.92 Å². The molecule has 0 aliphatic heterocycles. The van der Waals surface area contributed by atoms with E-state index in [1.54, 1.807) is 0 Å². The third-order valence-electron chi connectivity index (χ3n) is 1.62. The van der Waals surface area contributed by atoms with Crippen molar-refractivity contribution in [2.75, 3.05) is 6.79 Å². The zero-order valence-corrected chi connectivity index (χ0v) is 5.33. The van der Waals surface area contributed by atoms with Crippen LogP contribution in [0.1, 0.15) is 13.3 Å². The van der Waals surface area contributed by atoms with Gasteiger partial charge in [-0.2, -0.15) is 0 Å². The molecule has 52 valence electrons. The fraction of sp³-hybridized carbons (Fsp3) is 0.833. The van der Waals surface area contributed by atoms with Crippen LogP contribution in [0.5, 0.6) is 0 Å². The van der Waals surface area contributed by atoms with Gasteiger partial charge in [0.15, 0.2) is 6.79 Å². The van der Waals surface area contributed by atoms with E-state index in [4.69, 9.17) is 5.11 Å². The highest BCUT2D eigenvalue weighted by atomic mass is 16.6. The Morgan fingerprint density at radius 3 is 2.78 bits per heavy atom. The molecule has 0 heterocycles. The number of rotatable bonds is 2. The quantitative estimate of drug-likeness (QED) is 0.427. The van der Waals surface area contributed by atoms with Crippen LogP contribution < -0.4 is 0 Å². The van der Waals surface area contributed by atoms with Crippen molar-refractivity contribution in [3.63, 3.8) is 0 Å². The van der Waals surface area contributed by atoms with Crippen LogP contribution in [0, 0.1) is 11.8 Å². The van der Waals surface area contributed by atoms with Gasteiger partial charge in [-0.15, -0.1) is 0 Å². The monoisotopic (exact) mass is 130 g/mol. The minimum Gasteiger partial charge on any atom is -0.438 e. The number of hydrogen-bond acceptors (Lipinski definition) is 3. The predicted octanol–water partition coefficient (Wildman–Crippen LogP) is 0.135. The molecule has 2 atom stereocenters. The normalized spacial score (nSPS) is 31.8. The van der Waals surface area contributed by atoms with Crippen LogP contribution in [0.4, 0.5) is 0 Å². The van der Waals surface area contributed by atoms with Gasteiger partial charge in [-0.1, -0.05) is 6.92 Å². The molecule has 0 aromatic heterocycles. The van der Waals surface area contributed by atoms with E-state index in [9.17, 15) is 4.79 Å². The topological polar surface area (TPSA) is 46.5 Å². The van der Waals surface area contributed by atoms with Crippen LogP contribution in [0.3, 0.4) is 0 Å². The summed E-state index contributed by atoms with van der Waals surface area (Å²) in [5, 5.41) is 8.16. The van der Waals surface area contributed by atoms with Crippen molar-refractivity contribution in [1.82, 2.24) is 0 Å². The largest absolute Gasteiger partial charge is 0.438 e. The van der Waals surface area contributed by atoms with Gasteiger partial charge >= 0.3 is 5.97 Å². The molecule has 3 heteroatoms. The average Bonchev–Trinajstić information content (AvgIpc) is 2.47. The molecule has 2 unspecified atom stereocenters. The first kappa shape index (κ1) is 6.55. The zero-order valence-electron chi connectivity index (χ0n) is 5.33. The SMILES string of the molecule is CC1CC1C(=O)OCO. The van der Waals surface area contributed by atoms with Crippen LogP contribution in [0.15, 0.2) is 0 Å². The molecule has 1 fully saturated rings. The fourth-order valence-electron chi connectivity index (χ4n) is 0.821. The molecular weight excluding hydrogens is 120 g/mol. The van der Waals surface area contributed by atoms with Gasteiger partial charge in [0.25, 0.3) is 0 Å². The molecule has 3 nitrogen and oxygen atoms in total. The third kappa shape index (κ3) is 1.42. The second-order valence-corrected chi connectivity index (χ2v) is 2.41. The molecule has 1 saturated carbocycles. The molecule has 1 N–H and O–H groups in total. The van der Waals surface area contributed by atoms with Crippen molar-refractivity contribution in [2.24, 2.45) is 11.8 Å². The lowest BCUT2D eigenvalue weighted by Crippen LogP contribution is -2.07. The Labute approximate surface area is 53.6 Å². The maximum Gasteiger partial charge on any atom is 0.311 e. The van der Waals surface area contributed by atoms with Gasteiger partial charge in [-0.3, -0.25) is 4.79 Å². The lowest BCUT2D eigenvalue weighted by molar-refractivity contribution is -0.153. The standard InChI is InChI=1S/C6H10O3/c1-4-2-5(4)6(8)9-3-7/h4-5,7H,2-3H2,1H3. The second-order valence-electron chi connectivity index (χ2n) is 2.41. The number of esters is 1. The Bertz CT molecular complexity index is 121. The van der Waals surface area contributed by atoms with Gasteiger partial charge in [-0.05, 0) is 12.3 Å². The van der Waals surface area contributed by atoms with E-state index in [1.807, 2.05) is 6.92 Å². The molecule has 1 aliphatic carbocycles. The summed E-state index contributed by atoms with van der Waals surface area (Å²) in [7, 11) is 0. The molecule has 0 spiro atoms. The third-order valence-corrected chi connectivity index (χ3v) is 1.62. The fourth-order valence-corrected chi connectivity index (χ4v) is 0.821.